The molecule has 18 heavy (non-hydrogen) atoms. The van der Waals surface area contributed by atoms with Gasteiger partial charge in [0.05, 0.1) is 22.3 Å². The Kier molecular flexibility index (Phi) is 4.25. The van der Waals surface area contributed by atoms with Gasteiger partial charge >= 0.3 is 0 Å². The molecular formula is C15H20Cl2O. The Hall–Kier alpha value is -0.240. The van der Waals surface area contributed by atoms with Gasteiger partial charge in [-0.1, -0.05) is 50.0 Å². The second-order valence-electron chi connectivity index (χ2n) is 6.26. The predicted molar refractivity (Wildman–Crippen MR) is 77.4 cm³/mol. The second kappa shape index (κ2) is 5.40. The molecule has 1 aliphatic heterocycles. The zero-order valence-corrected chi connectivity index (χ0v) is 12.7. The minimum atomic E-state index is 0.173. The van der Waals surface area contributed by atoms with Crippen molar-refractivity contribution in [2.45, 2.75) is 52.2 Å². The Morgan fingerprint density at radius 1 is 1.17 bits per heavy atom. The normalized spacial score (nSPS) is 24.5. The molecule has 0 spiro atoms. The fourth-order valence-electron chi connectivity index (χ4n) is 2.50. The molecule has 0 bridgehead atoms. The van der Waals surface area contributed by atoms with E-state index in [2.05, 4.69) is 20.8 Å². The number of hydrogen-bond acceptors (Lipinski definition) is 1. The van der Waals surface area contributed by atoms with E-state index in [1.165, 1.54) is 0 Å². The number of halogens is 2. The topological polar surface area (TPSA) is 9.23 Å². The van der Waals surface area contributed by atoms with Gasteiger partial charge in [0.25, 0.3) is 0 Å². The van der Waals surface area contributed by atoms with Crippen molar-refractivity contribution in [3.8, 4) is 0 Å². The molecule has 100 valence electrons. The molecule has 0 N–H and O–H groups in total. The molecule has 1 aromatic rings. The van der Waals surface area contributed by atoms with Crippen molar-refractivity contribution in [3.63, 3.8) is 0 Å². The maximum absolute atomic E-state index is 6.12. The van der Waals surface area contributed by atoms with Crippen molar-refractivity contribution >= 4 is 23.2 Å². The van der Waals surface area contributed by atoms with Crippen LogP contribution in [0.4, 0.5) is 0 Å². The summed E-state index contributed by atoms with van der Waals surface area (Å²) in [6, 6.07) is 5.78. The Balaban J connectivity index is 2.02. The van der Waals surface area contributed by atoms with Gasteiger partial charge in [0.15, 0.2) is 0 Å². The van der Waals surface area contributed by atoms with Crippen LogP contribution in [-0.2, 0) is 4.74 Å². The largest absolute Gasteiger partial charge is 0.370 e. The minimum absolute atomic E-state index is 0.173. The monoisotopic (exact) mass is 286 g/mol. The van der Waals surface area contributed by atoms with Crippen LogP contribution in [0.2, 0.25) is 10.0 Å². The van der Waals surface area contributed by atoms with E-state index >= 15 is 0 Å². The van der Waals surface area contributed by atoms with E-state index in [-0.39, 0.29) is 6.10 Å². The highest BCUT2D eigenvalue weighted by atomic mass is 35.5. The van der Waals surface area contributed by atoms with Crippen LogP contribution >= 0.6 is 23.2 Å². The zero-order chi connectivity index (χ0) is 13.3. The number of hydrogen-bond donors (Lipinski definition) is 0. The molecule has 2 rings (SSSR count). The van der Waals surface area contributed by atoms with Crippen LogP contribution in [-0.4, -0.2) is 6.10 Å². The fraction of sp³-hybridized carbons (Fsp3) is 0.600. The molecule has 1 aliphatic rings. The average Bonchev–Trinajstić information content (AvgIpc) is 2.68. The lowest BCUT2D eigenvalue weighted by Crippen LogP contribution is -2.17. The number of benzene rings is 1. The van der Waals surface area contributed by atoms with Crippen molar-refractivity contribution in [2.75, 3.05) is 0 Å². The smallest absolute Gasteiger partial charge is 0.0830 e. The lowest BCUT2D eigenvalue weighted by Gasteiger charge is -2.23. The van der Waals surface area contributed by atoms with E-state index in [4.69, 9.17) is 27.9 Å². The molecule has 0 radical (unpaired) electrons. The summed E-state index contributed by atoms with van der Waals surface area (Å²) in [7, 11) is 0. The highest BCUT2D eigenvalue weighted by Crippen LogP contribution is 2.38. The van der Waals surface area contributed by atoms with E-state index in [0.29, 0.717) is 21.6 Å². The summed E-state index contributed by atoms with van der Waals surface area (Å²) in [5.74, 6) is 0. The Labute approximate surface area is 119 Å². The third-order valence-electron chi connectivity index (χ3n) is 3.26. The first-order valence-corrected chi connectivity index (χ1v) is 7.21. The van der Waals surface area contributed by atoms with Crippen LogP contribution in [0.1, 0.15) is 51.7 Å². The molecule has 1 nitrogen and oxygen atoms in total. The Morgan fingerprint density at radius 2 is 1.89 bits per heavy atom. The summed E-state index contributed by atoms with van der Waals surface area (Å²) in [4.78, 5) is 0. The third-order valence-corrected chi connectivity index (χ3v) is 4.00. The molecule has 1 saturated heterocycles. The summed E-state index contributed by atoms with van der Waals surface area (Å²) in [6.45, 7) is 6.76. The van der Waals surface area contributed by atoms with Crippen LogP contribution in [0, 0.1) is 5.41 Å². The van der Waals surface area contributed by atoms with Crippen LogP contribution in [0.15, 0.2) is 18.2 Å². The molecule has 1 aromatic carbocycles. The van der Waals surface area contributed by atoms with Gasteiger partial charge in [-0.2, -0.15) is 0 Å². The van der Waals surface area contributed by atoms with Crippen LogP contribution < -0.4 is 0 Å². The summed E-state index contributed by atoms with van der Waals surface area (Å²) < 4.78 is 6.12. The third kappa shape index (κ3) is 3.63. The molecule has 0 aromatic heterocycles. The van der Waals surface area contributed by atoms with Gasteiger partial charge in [-0.25, -0.2) is 0 Å². The maximum atomic E-state index is 6.12. The molecule has 1 heterocycles. The van der Waals surface area contributed by atoms with Crippen molar-refractivity contribution in [3.05, 3.63) is 33.8 Å². The van der Waals surface area contributed by atoms with Gasteiger partial charge in [-0.05, 0) is 42.4 Å². The second-order valence-corrected chi connectivity index (χ2v) is 7.08. The molecule has 2 unspecified atom stereocenters. The molecule has 0 aliphatic carbocycles. The number of rotatable bonds is 2. The van der Waals surface area contributed by atoms with E-state index in [1.807, 2.05) is 18.2 Å². The van der Waals surface area contributed by atoms with Gasteiger partial charge in [-0.15, -0.1) is 0 Å². The van der Waals surface area contributed by atoms with Crippen LogP contribution in [0.3, 0.4) is 0 Å². The van der Waals surface area contributed by atoms with Crippen molar-refractivity contribution in [1.82, 2.24) is 0 Å². The molecular weight excluding hydrogens is 267 g/mol. The summed E-state index contributed by atoms with van der Waals surface area (Å²) in [5, 5.41) is 1.21. The van der Waals surface area contributed by atoms with Gasteiger partial charge in [0.1, 0.15) is 0 Å². The molecule has 0 amide bonds. The highest BCUT2D eigenvalue weighted by Gasteiger charge is 2.29. The summed E-state index contributed by atoms with van der Waals surface area (Å²) >= 11 is 12.0. The van der Waals surface area contributed by atoms with Gasteiger partial charge < -0.3 is 4.74 Å². The maximum Gasteiger partial charge on any atom is 0.0830 e. The first-order valence-electron chi connectivity index (χ1n) is 6.45. The van der Waals surface area contributed by atoms with Gasteiger partial charge in [-0.3, -0.25) is 0 Å². The van der Waals surface area contributed by atoms with E-state index in [0.717, 1.165) is 24.8 Å². The first kappa shape index (κ1) is 14.2. The SMILES string of the molecule is CC(C)(C)CC1CCC(c2ccc(Cl)c(Cl)c2)O1. The fourth-order valence-corrected chi connectivity index (χ4v) is 2.80. The number of ether oxygens (including phenoxy) is 1. The standard InChI is InChI=1S/C15H20Cl2O/c1-15(2,3)9-11-5-7-14(18-11)10-4-6-12(16)13(17)8-10/h4,6,8,11,14H,5,7,9H2,1-3H3. The Bertz CT molecular complexity index is 423. The summed E-state index contributed by atoms with van der Waals surface area (Å²) in [5.41, 5.74) is 1.46. The molecule has 3 heteroatoms. The predicted octanol–water partition coefficient (Wildman–Crippen LogP) is 5.65. The van der Waals surface area contributed by atoms with Crippen molar-refractivity contribution in [1.29, 1.82) is 0 Å². The zero-order valence-electron chi connectivity index (χ0n) is 11.2. The van der Waals surface area contributed by atoms with Crippen molar-refractivity contribution < 1.29 is 4.74 Å². The van der Waals surface area contributed by atoms with Gasteiger partial charge in [0, 0.05) is 0 Å². The van der Waals surface area contributed by atoms with E-state index < -0.39 is 0 Å². The van der Waals surface area contributed by atoms with Crippen molar-refractivity contribution in [2.24, 2.45) is 5.41 Å². The first-order chi connectivity index (χ1) is 8.35. The lowest BCUT2D eigenvalue weighted by molar-refractivity contribution is 0.0219. The molecule has 2 atom stereocenters. The summed E-state index contributed by atoms with van der Waals surface area (Å²) in [6.07, 6.45) is 3.84. The van der Waals surface area contributed by atoms with Crippen LogP contribution in [0.25, 0.3) is 0 Å². The minimum Gasteiger partial charge on any atom is -0.370 e. The quantitative estimate of drug-likeness (QED) is 0.683. The van der Waals surface area contributed by atoms with E-state index in [1.54, 1.807) is 0 Å². The highest BCUT2D eigenvalue weighted by molar-refractivity contribution is 6.42. The van der Waals surface area contributed by atoms with Crippen LogP contribution in [0.5, 0.6) is 0 Å². The van der Waals surface area contributed by atoms with E-state index in [9.17, 15) is 0 Å². The molecule has 0 saturated carbocycles. The Morgan fingerprint density at radius 3 is 2.50 bits per heavy atom. The molecule has 1 fully saturated rings. The van der Waals surface area contributed by atoms with Gasteiger partial charge in [0.2, 0.25) is 0 Å². The lowest BCUT2D eigenvalue weighted by atomic mass is 9.88. The average molecular weight is 287 g/mol.